The first kappa shape index (κ1) is 16.2. The molecule has 0 aliphatic carbocycles. The maximum atomic E-state index is 13.0. The van der Waals surface area contributed by atoms with Crippen molar-refractivity contribution < 1.29 is 22.0 Å². The highest BCUT2D eigenvalue weighted by atomic mass is 19.4. The molecule has 0 unspecified atom stereocenters. The van der Waals surface area contributed by atoms with Crippen LogP contribution in [0, 0.1) is 0 Å². The van der Waals surface area contributed by atoms with Gasteiger partial charge in [0.2, 0.25) is 0 Å². The van der Waals surface area contributed by atoms with Gasteiger partial charge < -0.3 is 0 Å². The Bertz CT molecular complexity index is 820. The summed E-state index contributed by atoms with van der Waals surface area (Å²) >= 11 is 0. The van der Waals surface area contributed by atoms with Crippen LogP contribution in [0.1, 0.15) is 17.7 Å². The molecular formula is C17H11F5N2. The van der Waals surface area contributed by atoms with Gasteiger partial charge in [-0.1, -0.05) is 30.3 Å². The van der Waals surface area contributed by atoms with Gasteiger partial charge in [-0.25, -0.2) is 13.5 Å². The van der Waals surface area contributed by atoms with E-state index in [4.69, 9.17) is 0 Å². The predicted molar refractivity (Wildman–Crippen MR) is 79.0 cm³/mol. The molecule has 7 heteroatoms. The van der Waals surface area contributed by atoms with Gasteiger partial charge >= 0.3 is 6.18 Å². The zero-order valence-corrected chi connectivity index (χ0v) is 12.1. The van der Waals surface area contributed by atoms with Crippen LogP contribution < -0.4 is 0 Å². The first-order valence-electron chi connectivity index (χ1n) is 6.97. The summed E-state index contributed by atoms with van der Waals surface area (Å²) in [7, 11) is 0. The second-order valence-electron chi connectivity index (χ2n) is 5.08. The summed E-state index contributed by atoms with van der Waals surface area (Å²) in [5, 5.41) is 3.87. The molecule has 2 nitrogen and oxygen atoms in total. The van der Waals surface area contributed by atoms with E-state index in [2.05, 4.69) is 5.10 Å². The van der Waals surface area contributed by atoms with Crippen LogP contribution in [0.25, 0.3) is 16.9 Å². The summed E-state index contributed by atoms with van der Waals surface area (Å²) in [6.45, 7) is 0. The van der Waals surface area contributed by atoms with Gasteiger partial charge in [0.15, 0.2) is 0 Å². The minimum absolute atomic E-state index is 0.297. The summed E-state index contributed by atoms with van der Waals surface area (Å²) in [6.07, 6.45) is -7.23. The molecule has 0 aliphatic rings. The minimum Gasteiger partial charge on any atom is -0.233 e. The van der Waals surface area contributed by atoms with Crippen LogP contribution in [0.5, 0.6) is 0 Å². The van der Waals surface area contributed by atoms with E-state index in [1.165, 1.54) is 22.9 Å². The highest BCUT2D eigenvalue weighted by molar-refractivity contribution is 5.63. The maximum Gasteiger partial charge on any atom is 0.416 e. The van der Waals surface area contributed by atoms with Crippen LogP contribution in [-0.4, -0.2) is 9.78 Å². The lowest BCUT2D eigenvalue weighted by molar-refractivity contribution is -0.137. The second-order valence-corrected chi connectivity index (χ2v) is 5.08. The number of hydrogen-bond acceptors (Lipinski definition) is 1. The minimum atomic E-state index is -4.45. The van der Waals surface area contributed by atoms with Crippen LogP contribution in [0.3, 0.4) is 0 Å². The molecular weight excluding hydrogens is 327 g/mol. The lowest BCUT2D eigenvalue weighted by Crippen LogP contribution is -2.04. The predicted octanol–water partition coefficient (Wildman–Crippen LogP) is 5.50. The summed E-state index contributed by atoms with van der Waals surface area (Å²) in [5.74, 6) is 0. The van der Waals surface area contributed by atoms with E-state index < -0.39 is 23.9 Å². The van der Waals surface area contributed by atoms with Gasteiger partial charge in [0.05, 0.1) is 16.9 Å². The Morgan fingerprint density at radius 1 is 0.875 bits per heavy atom. The zero-order chi connectivity index (χ0) is 17.3. The fraction of sp³-hybridized carbons (Fsp3) is 0.118. The van der Waals surface area contributed by atoms with E-state index in [1.807, 2.05) is 0 Å². The van der Waals surface area contributed by atoms with Crippen LogP contribution >= 0.6 is 0 Å². The number of rotatable bonds is 3. The lowest BCUT2D eigenvalue weighted by atomic mass is 10.1. The number of benzene rings is 2. The molecule has 1 heterocycles. The van der Waals surface area contributed by atoms with Crippen LogP contribution in [0.15, 0.2) is 60.7 Å². The molecule has 0 N–H and O–H groups in total. The molecule has 0 fully saturated rings. The van der Waals surface area contributed by atoms with Crippen molar-refractivity contribution in [2.45, 2.75) is 12.6 Å². The number of para-hydroxylation sites is 1. The highest BCUT2D eigenvalue weighted by Gasteiger charge is 2.30. The van der Waals surface area contributed by atoms with Crippen molar-refractivity contribution in [1.29, 1.82) is 0 Å². The van der Waals surface area contributed by atoms with Gasteiger partial charge in [-0.05, 0) is 30.3 Å². The van der Waals surface area contributed by atoms with Gasteiger partial charge in [0.25, 0.3) is 6.43 Å². The molecule has 2 aromatic carbocycles. The molecule has 0 atom stereocenters. The highest BCUT2D eigenvalue weighted by Crippen LogP contribution is 2.32. The largest absolute Gasteiger partial charge is 0.416 e. The number of hydrogen-bond donors (Lipinski definition) is 0. The molecule has 124 valence electrons. The number of halogens is 5. The van der Waals surface area contributed by atoms with Crippen molar-refractivity contribution >= 4 is 0 Å². The summed E-state index contributed by atoms with van der Waals surface area (Å²) in [4.78, 5) is 0. The zero-order valence-electron chi connectivity index (χ0n) is 12.1. The monoisotopic (exact) mass is 338 g/mol. The van der Waals surface area contributed by atoms with E-state index in [1.54, 1.807) is 30.3 Å². The second kappa shape index (κ2) is 6.07. The first-order valence-corrected chi connectivity index (χ1v) is 6.97. The quantitative estimate of drug-likeness (QED) is 0.577. The Morgan fingerprint density at radius 3 is 2.04 bits per heavy atom. The van der Waals surface area contributed by atoms with Gasteiger partial charge in [0.1, 0.15) is 5.69 Å². The van der Waals surface area contributed by atoms with Crippen molar-refractivity contribution in [3.05, 3.63) is 71.9 Å². The SMILES string of the molecule is FC(F)c1cc(-c2ccc(C(F)(F)F)cc2)n(-c2ccccc2)n1. The van der Waals surface area contributed by atoms with Crippen LogP contribution in [0.2, 0.25) is 0 Å². The van der Waals surface area contributed by atoms with E-state index in [9.17, 15) is 22.0 Å². The van der Waals surface area contributed by atoms with E-state index in [0.29, 0.717) is 16.9 Å². The molecule has 0 saturated heterocycles. The molecule has 3 aromatic rings. The summed E-state index contributed by atoms with van der Waals surface area (Å²) < 4.78 is 65.2. The van der Waals surface area contributed by atoms with Gasteiger partial charge in [0, 0.05) is 5.56 Å². The third-order valence-electron chi connectivity index (χ3n) is 3.46. The average Bonchev–Trinajstić information content (AvgIpc) is 3.00. The van der Waals surface area contributed by atoms with Gasteiger partial charge in [-0.15, -0.1) is 0 Å². The van der Waals surface area contributed by atoms with E-state index in [-0.39, 0.29) is 0 Å². The normalized spacial score (nSPS) is 11.9. The lowest BCUT2D eigenvalue weighted by Gasteiger charge is -2.09. The third kappa shape index (κ3) is 3.15. The van der Waals surface area contributed by atoms with E-state index in [0.717, 1.165) is 12.1 Å². The molecule has 0 aliphatic heterocycles. The Kier molecular flexibility index (Phi) is 4.09. The molecule has 0 spiro atoms. The van der Waals surface area contributed by atoms with Gasteiger partial charge in [-0.3, -0.25) is 0 Å². The molecule has 24 heavy (non-hydrogen) atoms. The van der Waals surface area contributed by atoms with Crippen LogP contribution in [0.4, 0.5) is 22.0 Å². The summed E-state index contributed by atoms with van der Waals surface area (Å²) in [6, 6.07) is 14.1. The van der Waals surface area contributed by atoms with Crippen molar-refractivity contribution in [2.24, 2.45) is 0 Å². The first-order chi connectivity index (χ1) is 11.4. The smallest absolute Gasteiger partial charge is 0.233 e. The van der Waals surface area contributed by atoms with Gasteiger partial charge in [-0.2, -0.15) is 18.3 Å². The summed E-state index contributed by atoms with van der Waals surface area (Å²) in [5.41, 5.74) is -0.0318. The van der Waals surface area contributed by atoms with E-state index >= 15 is 0 Å². The van der Waals surface area contributed by atoms with Crippen molar-refractivity contribution in [1.82, 2.24) is 9.78 Å². The Morgan fingerprint density at radius 2 is 1.50 bits per heavy atom. The Labute approximate surface area is 134 Å². The number of alkyl halides is 5. The molecule has 0 bridgehead atoms. The molecule has 1 aromatic heterocycles. The van der Waals surface area contributed by atoms with Crippen molar-refractivity contribution in [3.8, 4) is 16.9 Å². The standard InChI is InChI=1S/C17H11F5N2/c18-16(19)14-10-15(24(23-14)13-4-2-1-3-5-13)11-6-8-12(9-7-11)17(20,21)22/h1-10,16H. The number of nitrogens with zero attached hydrogens (tertiary/aromatic N) is 2. The Hall–Kier alpha value is -2.70. The topological polar surface area (TPSA) is 17.8 Å². The molecule has 0 radical (unpaired) electrons. The van der Waals surface area contributed by atoms with Crippen LogP contribution in [-0.2, 0) is 6.18 Å². The molecule has 3 rings (SSSR count). The fourth-order valence-electron chi connectivity index (χ4n) is 2.31. The Balaban J connectivity index is 2.10. The number of aromatic nitrogens is 2. The fourth-order valence-corrected chi connectivity index (χ4v) is 2.31. The third-order valence-corrected chi connectivity index (χ3v) is 3.46. The maximum absolute atomic E-state index is 13.0. The average molecular weight is 338 g/mol. The molecule has 0 saturated carbocycles. The van der Waals surface area contributed by atoms with Crippen molar-refractivity contribution in [2.75, 3.05) is 0 Å². The van der Waals surface area contributed by atoms with Crippen molar-refractivity contribution in [3.63, 3.8) is 0 Å². The molecule has 0 amide bonds.